The highest BCUT2D eigenvalue weighted by atomic mass is 16.5. The zero-order valence-corrected chi connectivity index (χ0v) is 12.5. The van der Waals surface area contributed by atoms with Crippen molar-refractivity contribution in [1.82, 2.24) is 5.32 Å². The molecule has 2 aromatic rings. The van der Waals surface area contributed by atoms with Gasteiger partial charge in [-0.1, -0.05) is 42.5 Å². The van der Waals surface area contributed by atoms with Crippen LogP contribution in [0.2, 0.25) is 0 Å². The van der Waals surface area contributed by atoms with Crippen molar-refractivity contribution in [3.63, 3.8) is 0 Å². The Labute approximate surface area is 126 Å². The van der Waals surface area contributed by atoms with E-state index < -0.39 is 0 Å². The topological polar surface area (TPSA) is 41.5 Å². The molecule has 0 bridgehead atoms. The summed E-state index contributed by atoms with van der Waals surface area (Å²) in [5.41, 5.74) is 2.46. The van der Waals surface area contributed by atoms with Crippen molar-refractivity contribution in [2.24, 2.45) is 0 Å². The van der Waals surface area contributed by atoms with Crippen LogP contribution in [0.25, 0.3) is 0 Å². The van der Waals surface area contributed by atoms with Crippen molar-refractivity contribution in [1.29, 1.82) is 0 Å². The van der Waals surface area contributed by atoms with E-state index in [1.165, 1.54) is 11.1 Å². The molecule has 112 valence electrons. The van der Waals surface area contributed by atoms with E-state index in [4.69, 9.17) is 4.74 Å². The van der Waals surface area contributed by atoms with Gasteiger partial charge in [0.05, 0.1) is 13.2 Å². The molecule has 0 fully saturated rings. The van der Waals surface area contributed by atoms with Gasteiger partial charge in [0.15, 0.2) is 0 Å². The number of methoxy groups -OCH3 is 1. The number of hydrogen-bond acceptors (Lipinski definition) is 3. The van der Waals surface area contributed by atoms with Gasteiger partial charge >= 0.3 is 0 Å². The van der Waals surface area contributed by atoms with E-state index >= 15 is 0 Å². The molecule has 1 atom stereocenters. The summed E-state index contributed by atoms with van der Waals surface area (Å²) < 4.78 is 5.13. The summed E-state index contributed by atoms with van der Waals surface area (Å²) in [6.07, 6.45) is 1.37. The summed E-state index contributed by atoms with van der Waals surface area (Å²) in [4.78, 5) is 0. The third kappa shape index (κ3) is 5.58. The molecule has 0 aromatic heterocycles. The Hall–Kier alpha value is -1.84. The second kappa shape index (κ2) is 8.45. The normalized spacial score (nSPS) is 12.1. The van der Waals surface area contributed by atoms with Crippen molar-refractivity contribution in [3.05, 3.63) is 65.7 Å². The second-order valence-electron chi connectivity index (χ2n) is 5.16. The van der Waals surface area contributed by atoms with E-state index in [1.54, 1.807) is 7.11 Å². The van der Waals surface area contributed by atoms with Crippen LogP contribution in [0, 0.1) is 0 Å². The molecule has 0 aliphatic carbocycles. The SMILES string of the molecule is COc1ccc(CNCC(O)CCc2ccccc2)cc1. The van der Waals surface area contributed by atoms with E-state index in [2.05, 4.69) is 17.4 Å². The first-order valence-corrected chi connectivity index (χ1v) is 7.33. The fourth-order valence-electron chi connectivity index (χ4n) is 2.21. The summed E-state index contributed by atoms with van der Waals surface area (Å²) in [7, 11) is 1.66. The maximum atomic E-state index is 9.99. The molecule has 0 amide bonds. The minimum atomic E-state index is -0.316. The number of hydrogen-bond donors (Lipinski definition) is 2. The lowest BCUT2D eigenvalue weighted by Crippen LogP contribution is -2.26. The molecule has 0 spiro atoms. The van der Waals surface area contributed by atoms with Gasteiger partial charge < -0.3 is 15.2 Å². The number of nitrogens with one attached hydrogen (secondary N) is 1. The van der Waals surface area contributed by atoms with Crippen LogP contribution < -0.4 is 10.1 Å². The number of benzene rings is 2. The van der Waals surface area contributed by atoms with E-state index in [0.717, 1.165) is 25.1 Å². The van der Waals surface area contributed by atoms with Crippen molar-refractivity contribution < 1.29 is 9.84 Å². The maximum Gasteiger partial charge on any atom is 0.118 e. The molecule has 0 aliphatic rings. The molecular weight excluding hydrogens is 262 g/mol. The smallest absolute Gasteiger partial charge is 0.118 e. The Morgan fingerprint density at radius 3 is 2.38 bits per heavy atom. The van der Waals surface area contributed by atoms with Crippen LogP contribution in [0.5, 0.6) is 5.75 Å². The van der Waals surface area contributed by atoms with Crippen LogP contribution in [0.4, 0.5) is 0 Å². The Balaban J connectivity index is 1.65. The molecule has 3 nitrogen and oxygen atoms in total. The Kier molecular flexibility index (Phi) is 6.25. The third-order valence-corrected chi connectivity index (χ3v) is 3.48. The minimum absolute atomic E-state index is 0.316. The van der Waals surface area contributed by atoms with Gasteiger partial charge in [0.1, 0.15) is 5.75 Å². The van der Waals surface area contributed by atoms with Gasteiger partial charge in [-0.2, -0.15) is 0 Å². The molecule has 0 saturated heterocycles. The molecule has 2 aromatic carbocycles. The van der Waals surface area contributed by atoms with Gasteiger partial charge in [-0.15, -0.1) is 0 Å². The van der Waals surface area contributed by atoms with E-state index in [-0.39, 0.29) is 6.10 Å². The number of aliphatic hydroxyl groups excluding tert-OH is 1. The molecule has 2 rings (SSSR count). The number of aryl methyl sites for hydroxylation is 1. The van der Waals surface area contributed by atoms with Crippen molar-refractivity contribution in [2.75, 3.05) is 13.7 Å². The molecule has 2 N–H and O–H groups in total. The number of ether oxygens (including phenoxy) is 1. The molecule has 0 aliphatic heterocycles. The zero-order chi connectivity index (χ0) is 14.9. The van der Waals surface area contributed by atoms with Crippen LogP contribution in [-0.2, 0) is 13.0 Å². The second-order valence-corrected chi connectivity index (χ2v) is 5.16. The van der Waals surface area contributed by atoms with Crippen molar-refractivity contribution >= 4 is 0 Å². The third-order valence-electron chi connectivity index (χ3n) is 3.48. The maximum absolute atomic E-state index is 9.99. The predicted molar refractivity (Wildman–Crippen MR) is 85.5 cm³/mol. The van der Waals surface area contributed by atoms with E-state index in [0.29, 0.717) is 6.54 Å². The molecule has 1 unspecified atom stereocenters. The summed E-state index contributed by atoms with van der Waals surface area (Å²) in [5.74, 6) is 0.863. The van der Waals surface area contributed by atoms with Crippen LogP contribution in [0.1, 0.15) is 17.5 Å². The zero-order valence-electron chi connectivity index (χ0n) is 12.5. The van der Waals surface area contributed by atoms with Crippen LogP contribution in [0.15, 0.2) is 54.6 Å². The largest absolute Gasteiger partial charge is 0.497 e. The first-order chi connectivity index (χ1) is 10.3. The highest BCUT2D eigenvalue weighted by Crippen LogP contribution is 2.11. The summed E-state index contributed by atoms with van der Waals surface area (Å²) in [6.45, 7) is 1.37. The summed E-state index contributed by atoms with van der Waals surface area (Å²) in [5, 5.41) is 13.3. The molecule has 0 saturated carbocycles. The van der Waals surface area contributed by atoms with Crippen molar-refractivity contribution in [3.8, 4) is 5.75 Å². The highest BCUT2D eigenvalue weighted by molar-refractivity contribution is 5.27. The van der Waals surface area contributed by atoms with E-state index in [1.807, 2.05) is 42.5 Å². The Morgan fingerprint density at radius 2 is 1.71 bits per heavy atom. The fourth-order valence-corrected chi connectivity index (χ4v) is 2.21. The van der Waals surface area contributed by atoms with Gasteiger partial charge in [-0.05, 0) is 36.1 Å². The number of rotatable bonds is 8. The van der Waals surface area contributed by atoms with Crippen molar-refractivity contribution in [2.45, 2.75) is 25.5 Å². The molecule has 3 heteroatoms. The standard InChI is InChI=1S/C18H23NO2/c1-21-18-11-8-16(9-12-18)13-19-14-17(20)10-7-15-5-3-2-4-6-15/h2-6,8-9,11-12,17,19-20H,7,10,13-14H2,1H3. The monoisotopic (exact) mass is 285 g/mol. The fraction of sp³-hybridized carbons (Fsp3) is 0.333. The first-order valence-electron chi connectivity index (χ1n) is 7.33. The first kappa shape index (κ1) is 15.5. The van der Waals surface area contributed by atoms with Gasteiger partial charge in [-0.3, -0.25) is 0 Å². The minimum Gasteiger partial charge on any atom is -0.497 e. The Morgan fingerprint density at radius 1 is 1.00 bits per heavy atom. The number of aliphatic hydroxyl groups is 1. The quantitative estimate of drug-likeness (QED) is 0.783. The lowest BCUT2D eigenvalue weighted by atomic mass is 10.1. The average Bonchev–Trinajstić information content (AvgIpc) is 2.54. The van der Waals surface area contributed by atoms with Gasteiger partial charge in [0, 0.05) is 13.1 Å². The summed E-state index contributed by atoms with van der Waals surface area (Å²) in [6, 6.07) is 18.2. The van der Waals surface area contributed by atoms with Crippen LogP contribution >= 0.6 is 0 Å². The molecular formula is C18H23NO2. The molecule has 0 heterocycles. The van der Waals surface area contributed by atoms with E-state index in [9.17, 15) is 5.11 Å². The van der Waals surface area contributed by atoms with Gasteiger partial charge in [-0.25, -0.2) is 0 Å². The lowest BCUT2D eigenvalue weighted by Gasteiger charge is -2.12. The van der Waals surface area contributed by atoms with Crippen LogP contribution in [-0.4, -0.2) is 24.9 Å². The predicted octanol–water partition coefficient (Wildman–Crippen LogP) is 2.78. The Bertz CT molecular complexity index is 511. The van der Waals surface area contributed by atoms with Gasteiger partial charge in [0.25, 0.3) is 0 Å². The molecule has 0 radical (unpaired) electrons. The van der Waals surface area contributed by atoms with Crippen LogP contribution in [0.3, 0.4) is 0 Å². The molecule has 21 heavy (non-hydrogen) atoms. The summed E-state index contributed by atoms with van der Waals surface area (Å²) >= 11 is 0. The van der Waals surface area contributed by atoms with Gasteiger partial charge in [0.2, 0.25) is 0 Å². The average molecular weight is 285 g/mol. The highest BCUT2D eigenvalue weighted by Gasteiger charge is 2.04. The lowest BCUT2D eigenvalue weighted by molar-refractivity contribution is 0.161.